The fraction of sp³-hybridized carbons (Fsp3) is 0.120. The van der Waals surface area contributed by atoms with Gasteiger partial charge in [-0.05, 0) is 78.4 Å². The first-order valence-electron chi connectivity index (χ1n) is 23.2. The van der Waals surface area contributed by atoms with Crippen LogP contribution in [0.3, 0.4) is 0 Å². The highest BCUT2D eigenvalue weighted by Gasteiger charge is 2.23. The minimum absolute atomic E-state index is 0.0175. The van der Waals surface area contributed by atoms with E-state index in [0.717, 1.165) is 33.2 Å². The van der Waals surface area contributed by atoms with E-state index >= 15 is 4.79 Å². The van der Waals surface area contributed by atoms with Crippen LogP contribution in [0.1, 0.15) is 51.4 Å². The second-order valence-electron chi connectivity index (χ2n) is 14.6. The third-order valence-corrected chi connectivity index (χ3v) is 10.2. The van der Waals surface area contributed by atoms with Crippen LogP contribution >= 0.6 is 0 Å². The van der Waals surface area contributed by atoms with Crippen LogP contribution in [-0.4, -0.2) is 18.7 Å². The van der Waals surface area contributed by atoms with Crippen molar-refractivity contribution in [2.45, 2.75) is 40.0 Å². The van der Waals surface area contributed by atoms with Gasteiger partial charge >= 0.3 is 5.69 Å². The van der Waals surface area contributed by atoms with Crippen molar-refractivity contribution in [2.75, 3.05) is 0 Å². The zero-order valence-electron chi connectivity index (χ0n) is 41.4. The normalized spacial score (nSPS) is 14.2. The Kier molecular flexibility index (Phi) is 6.19. The van der Waals surface area contributed by atoms with Gasteiger partial charge in [0.1, 0.15) is 17.3 Å². The molecule has 6 aromatic carbocycles. The van der Waals surface area contributed by atoms with Crippen molar-refractivity contribution in [1.82, 2.24) is 18.7 Å². The summed E-state index contributed by atoms with van der Waals surface area (Å²) in [4.78, 5) is 19.9. The lowest BCUT2D eigenvalue weighted by molar-refractivity contribution is 0.483. The fourth-order valence-corrected chi connectivity index (χ4v) is 7.33. The van der Waals surface area contributed by atoms with Crippen molar-refractivity contribution in [3.05, 3.63) is 191 Å². The zero-order chi connectivity index (χ0) is 47.3. The molecule has 0 aliphatic rings. The summed E-state index contributed by atoms with van der Waals surface area (Å²) in [7, 11) is 0. The molecule has 9 rings (SSSR count). The molecule has 3 heterocycles. The summed E-state index contributed by atoms with van der Waals surface area (Å²) < 4.78 is 97.5. The van der Waals surface area contributed by atoms with Gasteiger partial charge in [-0.15, -0.1) is 0 Å². The van der Waals surface area contributed by atoms with Crippen LogP contribution in [0.4, 0.5) is 0 Å². The van der Waals surface area contributed by atoms with E-state index in [1.165, 1.54) is 27.3 Å². The molecular weight excluding hydrogens is 689 g/mol. The summed E-state index contributed by atoms with van der Waals surface area (Å²) in [5.41, 5.74) is 3.08. The average Bonchev–Trinajstić information content (AvgIpc) is 3.74. The Bertz CT molecular complexity index is 3420. The molecule has 6 heteroatoms. The number of benzene rings is 6. The van der Waals surface area contributed by atoms with Crippen molar-refractivity contribution in [2.24, 2.45) is 0 Å². The summed E-state index contributed by atoms with van der Waals surface area (Å²) in [6.07, 6.45) is 1.83. The third-order valence-electron chi connectivity index (χ3n) is 10.2. The summed E-state index contributed by atoms with van der Waals surface area (Å²) in [6.45, 7) is 9.90. The molecule has 0 aliphatic carbocycles. The predicted octanol–water partition coefficient (Wildman–Crippen LogP) is 12.2. The molecule has 0 unspecified atom stereocenters. The van der Waals surface area contributed by atoms with Gasteiger partial charge in [-0.1, -0.05) is 124 Å². The Hall–Kier alpha value is -6.92. The molecule has 274 valence electrons. The van der Waals surface area contributed by atoms with Crippen molar-refractivity contribution < 1.29 is 18.4 Å². The highest BCUT2D eigenvalue weighted by Crippen LogP contribution is 2.38. The topological polar surface area (TPSA) is 54.0 Å². The SMILES string of the molecule is [2H]c1c([2H])c([2H])c(-c2cccc(-c3c([2H])c([2H])c([2H])c([2H])c3[2H])c2-n2c(C)c(C)n(-c3cccc(Oc4ccc5c6ccccc6n(-c6cc(C(C)(C)C)ccn6)c5c4)c3)c2=O)c([2H])c1[2H]. The van der Waals surface area contributed by atoms with E-state index in [0.29, 0.717) is 28.6 Å². The van der Waals surface area contributed by atoms with Gasteiger partial charge in [0, 0.05) is 51.6 Å². The van der Waals surface area contributed by atoms with Crippen LogP contribution in [0.25, 0.3) is 61.3 Å². The van der Waals surface area contributed by atoms with Crippen molar-refractivity contribution >= 4 is 21.8 Å². The Balaban J connectivity index is 1.21. The number of hydrogen-bond acceptors (Lipinski definition) is 3. The zero-order valence-corrected chi connectivity index (χ0v) is 31.4. The molecule has 0 aliphatic heterocycles. The van der Waals surface area contributed by atoms with Crippen LogP contribution in [-0.2, 0) is 5.41 Å². The molecule has 0 N–H and O–H groups in total. The molecule has 0 atom stereocenters. The maximum atomic E-state index is 15.1. The number of fused-ring (bicyclic) bond motifs is 3. The van der Waals surface area contributed by atoms with E-state index < -0.39 is 66.1 Å². The molecule has 0 saturated heterocycles. The van der Waals surface area contributed by atoms with Gasteiger partial charge in [-0.3, -0.25) is 13.7 Å². The highest BCUT2D eigenvalue weighted by atomic mass is 16.5. The lowest BCUT2D eigenvalue weighted by Crippen LogP contribution is -2.24. The summed E-state index contributed by atoms with van der Waals surface area (Å²) in [5.74, 6) is 1.72. The lowest BCUT2D eigenvalue weighted by atomic mass is 9.88. The Morgan fingerprint density at radius 2 is 1.23 bits per heavy atom. The number of hydrogen-bond donors (Lipinski definition) is 0. The molecule has 6 nitrogen and oxygen atoms in total. The van der Waals surface area contributed by atoms with E-state index in [1.54, 1.807) is 38.1 Å². The number of ether oxygens (including phenoxy) is 1. The molecule has 0 amide bonds. The van der Waals surface area contributed by atoms with Crippen LogP contribution < -0.4 is 10.4 Å². The Labute approximate surface area is 340 Å². The van der Waals surface area contributed by atoms with Gasteiger partial charge in [0.25, 0.3) is 0 Å². The van der Waals surface area contributed by atoms with Crippen molar-refractivity contribution in [3.8, 4) is 50.9 Å². The maximum Gasteiger partial charge on any atom is 0.337 e. The minimum atomic E-state index is -0.633. The summed E-state index contributed by atoms with van der Waals surface area (Å²) >= 11 is 0. The van der Waals surface area contributed by atoms with Crippen molar-refractivity contribution in [3.63, 3.8) is 0 Å². The van der Waals surface area contributed by atoms with E-state index in [2.05, 4.69) is 43.5 Å². The van der Waals surface area contributed by atoms with Gasteiger partial charge in [0.2, 0.25) is 0 Å². The number of rotatable bonds is 7. The second kappa shape index (κ2) is 13.7. The summed E-state index contributed by atoms with van der Waals surface area (Å²) in [6, 6.07) is 23.8. The number of aromatic nitrogens is 4. The quantitative estimate of drug-likeness (QED) is 0.163. The van der Waals surface area contributed by atoms with Gasteiger partial charge < -0.3 is 4.74 Å². The molecule has 0 saturated carbocycles. The van der Waals surface area contributed by atoms with Crippen LogP contribution in [0.5, 0.6) is 11.5 Å². The van der Waals surface area contributed by atoms with Gasteiger partial charge in [0.15, 0.2) is 0 Å². The largest absolute Gasteiger partial charge is 0.457 e. The molecule has 0 radical (unpaired) electrons. The predicted molar refractivity (Wildman–Crippen MR) is 229 cm³/mol. The maximum absolute atomic E-state index is 15.1. The monoisotopic (exact) mass is 740 g/mol. The molecule has 9 aromatic rings. The number of nitrogens with zero attached hydrogens (tertiary/aromatic N) is 4. The van der Waals surface area contributed by atoms with Gasteiger partial charge in [0.05, 0.1) is 36.1 Å². The van der Waals surface area contributed by atoms with Crippen LogP contribution in [0.2, 0.25) is 0 Å². The van der Waals surface area contributed by atoms with Crippen LogP contribution in [0.15, 0.2) is 168 Å². The average molecular weight is 741 g/mol. The third kappa shape index (κ3) is 6.00. The van der Waals surface area contributed by atoms with E-state index in [4.69, 9.17) is 23.4 Å². The Morgan fingerprint density at radius 3 is 1.93 bits per heavy atom. The Morgan fingerprint density at radius 1 is 0.607 bits per heavy atom. The molecule has 0 bridgehead atoms. The number of imidazole rings is 1. The van der Waals surface area contributed by atoms with Gasteiger partial charge in [-0.2, -0.15) is 0 Å². The minimum Gasteiger partial charge on any atom is -0.457 e. The first-order valence-corrected chi connectivity index (χ1v) is 18.2. The van der Waals surface area contributed by atoms with E-state index in [9.17, 15) is 0 Å². The molecular formula is C50H42N4O2. The fourth-order valence-electron chi connectivity index (χ4n) is 7.33. The second-order valence-corrected chi connectivity index (χ2v) is 14.6. The molecule has 0 spiro atoms. The molecule has 0 fully saturated rings. The number of pyridine rings is 1. The number of para-hydroxylation sites is 2. The molecule has 3 aromatic heterocycles. The van der Waals surface area contributed by atoms with E-state index in [-0.39, 0.29) is 33.4 Å². The molecule has 56 heavy (non-hydrogen) atoms. The summed E-state index contributed by atoms with van der Waals surface area (Å²) in [5, 5.41) is 2.07. The highest BCUT2D eigenvalue weighted by molar-refractivity contribution is 6.09. The first kappa shape index (κ1) is 25.2. The van der Waals surface area contributed by atoms with Gasteiger partial charge in [-0.25, -0.2) is 9.78 Å². The van der Waals surface area contributed by atoms with Crippen molar-refractivity contribution in [1.29, 1.82) is 0 Å². The smallest absolute Gasteiger partial charge is 0.337 e. The van der Waals surface area contributed by atoms with Crippen LogP contribution in [0, 0.1) is 13.8 Å². The lowest BCUT2D eigenvalue weighted by Gasteiger charge is -2.20. The standard InChI is InChI=1S/C50H42N4O2/c1-33-34(2)53(48-41(35-16-8-6-9-17-35)23-15-24-42(48)36-18-10-7-11-19-36)49(55)52(33)38-20-14-21-39(31-38)56-40-26-27-44-43-22-12-13-25-45(43)54(46(44)32-40)47-30-37(28-29-51-47)50(3,4)5/h6-32H,1-5H3/i6D,7D,8D,9D,10D,11D,16D,17D,18D,19D. The first-order chi connectivity index (χ1) is 31.3. The van der Waals surface area contributed by atoms with E-state index in [1.807, 2.05) is 42.6 Å².